The fraction of sp³-hybridized carbons (Fsp3) is 0.233. The Bertz CT molecular complexity index is 1430. The minimum atomic E-state index is -0.858. The van der Waals surface area contributed by atoms with Crippen molar-refractivity contribution in [1.82, 2.24) is 15.6 Å². The number of para-hydroxylation sites is 2. The van der Waals surface area contributed by atoms with Crippen LogP contribution in [0.5, 0.6) is 0 Å². The molecule has 5 nitrogen and oxygen atoms in total. The van der Waals surface area contributed by atoms with E-state index in [1.807, 2.05) is 62.5 Å². The van der Waals surface area contributed by atoms with Crippen LogP contribution in [0.2, 0.25) is 0 Å². The first-order valence-corrected chi connectivity index (χ1v) is 12.1. The molecule has 0 aliphatic rings. The number of amides is 1. The minimum absolute atomic E-state index is 0.0491. The van der Waals surface area contributed by atoms with Crippen molar-refractivity contribution in [3.05, 3.63) is 108 Å². The van der Waals surface area contributed by atoms with E-state index in [1.54, 1.807) is 0 Å². The zero-order chi connectivity index (χ0) is 24.4. The lowest BCUT2D eigenvalue weighted by molar-refractivity contribution is -0.127. The number of aryl methyl sites for hydroxylation is 1. The summed E-state index contributed by atoms with van der Waals surface area (Å²) in [7, 11) is 0. The smallest absolute Gasteiger partial charge is 0.240 e. The van der Waals surface area contributed by atoms with E-state index >= 15 is 0 Å². The highest BCUT2D eigenvalue weighted by Gasteiger charge is 2.35. The monoisotopic (exact) mass is 465 g/mol. The Labute approximate surface area is 205 Å². The molecule has 2 heterocycles. The number of benzene rings is 3. The summed E-state index contributed by atoms with van der Waals surface area (Å²) in [6.45, 7) is 6.50. The van der Waals surface area contributed by atoms with E-state index < -0.39 is 5.54 Å². The number of aromatic nitrogens is 1. The zero-order valence-corrected chi connectivity index (χ0v) is 20.4. The van der Waals surface area contributed by atoms with E-state index in [1.165, 1.54) is 5.56 Å². The molecule has 0 saturated carbocycles. The molecular weight excluding hydrogens is 434 g/mol. The van der Waals surface area contributed by atoms with E-state index in [-0.39, 0.29) is 11.9 Å². The number of rotatable bonds is 8. The van der Waals surface area contributed by atoms with Crippen LogP contribution in [0.1, 0.15) is 42.3 Å². The molecule has 35 heavy (non-hydrogen) atoms. The number of aromatic amines is 1. The van der Waals surface area contributed by atoms with Crippen LogP contribution in [0.15, 0.2) is 89.5 Å². The van der Waals surface area contributed by atoms with Gasteiger partial charge in [-0.1, -0.05) is 66.2 Å². The fourth-order valence-electron chi connectivity index (χ4n) is 4.58. The first-order valence-electron chi connectivity index (χ1n) is 12.1. The summed E-state index contributed by atoms with van der Waals surface area (Å²) in [5, 5.41) is 8.94. The van der Waals surface area contributed by atoms with Crippen molar-refractivity contribution in [2.75, 3.05) is 0 Å². The molecule has 0 unspecified atom stereocenters. The van der Waals surface area contributed by atoms with Gasteiger partial charge in [-0.15, -0.1) is 0 Å². The Morgan fingerprint density at radius 1 is 1.03 bits per heavy atom. The molecular formula is C30H31N3O2. The highest BCUT2D eigenvalue weighted by Crippen LogP contribution is 2.25. The molecule has 178 valence electrons. The number of hydrogen-bond donors (Lipinski definition) is 3. The Balaban J connectivity index is 1.41. The van der Waals surface area contributed by atoms with Crippen LogP contribution in [0, 0.1) is 6.92 Å². The molecule has 3 aromatic carbocycles. The SMILES string of the molecule is Cc1ccc([C@@H](C)NC(=O)[C@](C)(Cc2c[nH]c3ccccc23)NCc2cc3ccccc3o2)cc1. The quantitative estimate of drug-likeness (QED) is 0.256. The average Bonchev–Trinajstić information content (AvgIpc) is 3.47. The Hall–Kier alpha value is -3.83. The number of carbonyl (C=O) groups excluding carboxylic acids is 1. The molecule has 5 heteroatoms. The number of nitrogens with one attached hydrogen (secondary N) is 3. The van der Waals surface area contributed by atoms with Gasteiger partial charge in [0.05, 0.1) is 18.1 Å². The normalized spacial score (nSPS) is 14.1. The molecule has 5 rings (SSSR count). The lowest BCUT2D eigenvalue weighted by Gasteiger charge is -2.31. The van der Waals surface area contributed by atoms with E-state index in [9.17, 15) is 4.79 Å². The van der Waals surface area contributed by atoms with Crippen molar-refractivity contribution >= 4 is 27.8 Å². The van der Waals surface area contributed by atoms with Gasteiger partial charge in [0.25, 0.3) is 0 Å². The molecule has 0 spiro atoms. The second kappa shape index (κ2) is 9.43. The number of fused-ring (bicyclic) bond motifs is 2. The molecule has 0 bridgehead atoms. The van der Waals surface area contributed by atoms with Crippen molar-refractivity contribution < 1.29 is 9.21 Å². The summed E-state index contributed by atoms with van der Waals surface area (Å²) >= 11 is 0. The van der Waals surface area contributed by atoms with Gasteiger partial charge in [-0.2, -0.15) is 0 Å². The predicted octanol–water partition coefficient (Wildman–Crippen LogP) is 6.19. The molecule has 0 radical (unpaired) electrons. The van der Waals surface area contributed by atoms with Crippen LogP contribution >= 0.6 is 0 Å². The average molecular weight is 466 g/mol. The van der Waals surface area contributed by atoms with Gasteiger partial charge < -0.3 is 14.7 Å². The number of hydrogen-bond acceptors (Lipinski definition) is 3. The van der Waals surface area contributed by atoms with Crippen molar-refractivity contribution in [2.24, 2.45) is 0 Å². The van der Waals surface area contributed by atoms with Gasteiger partial charge in [-0.05, 0) is 50.1 Å². The van der Waals surface area contributed by atoms with Crippen molar-refractivity contribution in [2.45, 2.75) is 45.3 Å². The van der Waals surface area contributed by atoms with Gasteiger partial charge in [0.1, 0.15) is 11.3 Å². The summed E-state index contributed by atoms with van der Waals surface area (Å²) in [5.74, 6) is 0.753. The highest BCUT2D eigenvalue weighted by molar-refractivity contribution is 5.89. The number of furan rings is 1. The minimum Gasteiger partial charge on any atom is -0.460 e. The summed E-state index contributed by atoms with van der Waals surface area (Å²) in [6, 6.07) is 26.3. The van der Waals surface area contributed by atoms with Gasteiger partial charge in [0.15, 0.2) is 0 Å². The van der Waals surface area contributed by atoms with Gasteiger partial charge >= 0.3 is 0 Å². The number of carbonyl (C=O) groups is 1. The number of H-pyrrole nitrogens is 1. The maximum absolute atomic E-state index is 13.8. The molecule has 0 aliphatic carbocycles. The molecule has 2 atom stereocenters. The van der Waals surface area contributed by atoms with Crippen LogP contribution < -0.4 is 10.6 Å². The molecule has 3 N–H and O–H groups in total. The zero-order valence-electron chi connectivity index (χ0n) is 20.4. The first kappa shape index (κ1) is 22.9. The Morgan fingerprint density at radius 3 is 2.57 bits per heavy atom. The van der Waals surface area contributed by atoms with Crippen molar-refractivity contribution in [1.29, 1.82) is 0 Å². The van der Waals surface area contributed by atoms with Crippen LogP contribution in [-0.2, 0) is 17.8 Å². The molecule has 0 aliphatic heterocycles. The third kappa shape index (κ3) is 4.86. The van der Waals surface area contributed by atoms with E-state index in [0.717, 1.165) is 38.8 Å². The predicted molar refractivity (Wildman–Crippen MR) is 141 cm³/mol. The summed E-state index contributed by atoms with van der Waals surface area (Å²) < 4.78 is 6.01. The van der Waals surface area contributed by atoms with Gasteiger partial charge in [0, 0.05) is 28.9 Å². The Morgan fingerprint density at radius 2 is 1.77 bits per heavy atom. The highest BCUT2D eigenvalue weighted by atomic mass is 16.3. The molecule has 1 amide bonds. The largest absolute Gasteiger partial charge is 0.460 e. The fourth-order valence-corrected chi connectivity index (χ4v) is 4.58. The van der Waals surface area contributed by atoms with E-state index in [0.29, 0.717) is 13.0 Å². The van der Waals surface area contributed by atoms with E-state index in [2.05, 4.69) is 58.9 Å². The van der Waals surface area contributed by atoms with Crippen molar-refractivity contribution in [3.8, 4) is 0 Å². The first-order chi connectivity index (χ1) is 16.9. The lowest BCUT2D eigenvalue weighted by atomic mass is 9.90. The summed E-state index contributed by atoms with van der Waals surface area (Å²) in [4.78, 5) is 17.1. The molecule has 2 aromatic heterocycles. The van der Waals surface area contributed by atoms with Crippen LogP contribution in [0.3, 0.4) is 0 Å². The van der Waals surface area contributed by atoms with Gasteiger partial charge in [0.2, 0.25) is 5.91 Å². The van der Waals surface area contributed by atoms with Crippen LogP contribution in [0.4, 0.5) is 0 Å². The van der Waals surface area contributed by atoms with Crippen molar-refractivity contribution in [3.63, 3.8) is 0 Å². The third-order valence-electron chi connectivity index (χ3n) is 6.77. The third-order valence-corrected chi connectivity index (χ3v) is 6.77. The molecule has 0 saturated heterocycles. The maximum Gasteiger partial charge on any atom is 0.240 e. The topological polar surface area (TPSA) is 70.1 Å². The van der Waals surface area contributed by atoms with E-state index in [4.69, 9.17) is 4.42 Å². The standard InChI is InChI=1S/C30H31N3O2/c1-20-12-14-22(15-13-20)21(2)33-29(34)30(3,17-24-18-31-27-10-6-5-9-26(24)27)32-19-25-16-23-8-4-7-11-28(23)35-25/h4-16,18,21,31-32H,17,19H2,1-3H3,(H,33,34)/t21-,30+/m1/s1. The Kier molecular flexibility index (Phi) is 6.18. The summed E-state index contributed by atoms with van der Waals surface area (Å²) in [5.41, 5.74) is 4.43. The van der Waals surface area contributed by atoms with Gasteiger partial charge in [-0.25, -0.2) is 0 Å². The summed E-state index contributed by atoms with van der Waals surface area (Å²) in [6.07, 6.45) is 2.53. The van der Waals surface area contributed by atoms with Crippen LogP contribution in [0.25, 0.3) is 21.9 Å². The lowest BCUT2D eigenvalue weighted by Crippen LogP contribution is -2.56. The molecule has 5 aromatic rings. The van der Waals surface area contributed by atoms with Gasteiger partial charge in [-0.3, -0.25) is 10.1 Å². The maximum atomic E-state index is 13.8. The second-order valence-corrected chi connectivity index (χ2v) is 9.58. The van der Waals surface area contributed by atoms with Crippen LogP contribution in [-0.4, -0.2) is 16.4 Å². The molecule has 0 fully saturated rings. The second-order valence-electron chi connectivity index (χ2n) is 9.58.